The second-order valence-electron chi connectivity index (χ2n) is 6.16. The maximum absolute atomic E-state index is 9.59. The Labute approximate surface area is 154 Å². The molecule has 2 N–H and O–H groups in total. The molecule has 130 valence electrons. The minimum atomic E-state index is 0.206. The minimum Gasteiger partial charge on any atom is -0.508 e. The van der Waals surface area contributed by atoms with E-state index < -0.39 is 0 Å². The highest BCUT2D eigenvalue weighted by molar-refractivity contribution is 5.78. The van der Waals surface area contributed by atoms with Gasteiger partial charge in [-0.1, -0.05) is 42.5 Å². The Morgan fingerprint density at radius 2 is 1.52 bits per heavy atom. The molecular weight excluding hydrogens is 338 g/mol. The molecule has 0 saturated carbocycles. The van der Waals surface area contributed by atoms with E-state index in [1.807, 2.05) is 54.6 Å². The summed E-state index contributed by atoms with van der Waals surface area (Å²) in [6, 6.07) is 24.6. The maximum Gasteiger partial charge on any atom is 0.218 e. The van der Waals surface area contributed by atoms with Gasteiger partial charge in [-0.2, -0.15) is 0 Å². The van der Waals surface area contributed by atoms with E-state index in [9.17, 15) is 5.11 Å². The molecule has 0 aliphatic carbocycles. The monoisotopic (exact) mass is 353 g/mol. The predicted octanol–water partition coefficient (Wildman–Crippen LogP) is 4.18. The first-order valence-electron chi connectivity index (χ1n) is 8.55. The van der Waals surface area contributed by atoms with Gasteiger partial charge in [-0.05, 0) is 36.4 Å². The van der Waals surface area contributed by atoms with Gasteiger partial charge < -0.3 is 10.1 Å². The highest BCUT2D eigenvalue weighted by Gasteiger charge is 2.17. The number of aromatic amines is 1. The van der Waals surface area contributed by atoms with Gasteiger partial charge in [-0.25, -0.2) is 14.6 Å². The van der Waals surface area contributed by atoms with Crippen molar-refractivity contribution >= 4 is 11.0 Å². The van der Waals surface area contributed by atoms with Crippen LogP contribution in [-0.4, -0.2) is 29.8 Å². The molecule has 0 bridgehead atoms. The SMILES string of the molecule is Oc1ccc(-n2nc(-c3nc4ccccc4[nH]3)nc2-c2ccccc2)cc1. The molecule has 0 aliphatic rings. The van der Waals surface area contributed by atoms with Crippen molar-refractivity contribution < 1.29 is 5.11 Å². The number of nitrogens with one attached hydrogen (secondary N) is 1. The molecular formula is C21H15N5O. The zero-order valence-electron chi connectivity index (χ0n) is 14.2. The number of imidazole rings is 1. The Bertz CT molecular complexity index is 1190. The van der Waals surface area contributed by atoms with Crippen LogP contribution in [0.15, 0.2) is 78.9 Å². The molecule has 6 heteroatoms. The van der Waals surface area contributed by atoms with Crippen molar-refractivity contribution in [3.05, 3.63) is 78.9 Å². The topological polar surface area (TPSA) is 79.6 Å². The molecule has 0 saturated heterocycles. The van der Waals surface area contributed by atoms with Gasteiger partial charge in [0.1, 0.15) is 5.75 Å². The molecule has 0 fully saturated rings. The Kier molecular flexibility index (Phi) is 3.47. The fourth-order valence-electron chi connectivity index (χ4n) is 3.02. The van der Waals surface area contributed by atoms with Crippen LogP contribution in [0.3, 0.4) is 0 Å². The number of aromatic hydroxyl groups is 1. The molecule has 5 rings (SSSR count). The molecule has 0 atom stereocenters. The molecule has 3 aromatic carbocycles. The van der Waals surface area contributed by atoms with Gasteiger partial charge in [0.05, 0.1) is 16.7 Å². The molecule has 0 amide bonds. The number of nitrogens with zero attached hydrogens (tertiary/aromatic N) is 4. The Morgan fingerprint density at radius 1 is 0.778 bits per heavy atom. The average Bonchev–Trinajstić information content (AvgIpc) is 3.34. The first-order chi connectivity index (χ1) is 13.3. The van der Waals surface area contributed by atoms with Gasteiger partial charge >= 0.3 is 0 Å². The third kappa shape index (κ3) is 2.73. The normalized spacial score (nSPS) is 11.1. The Hall–Kier alpha value is -3.93. The van der Waals surface area contributed by atoms with E-state index in [-0.39, 0.29) is 5.75 Å². The molecule has 0 unspecified atom stereocenters. The smallest absolute Gasteiger partial charge is 0.218 e. The Balaban J connectivity index is 1.70. The molecule has 5 aromatic rings. The largest absolute Gasteiger partial charge is 0.508 e. The van der Waals surface area contributed by atoms with Gasteiger partial charge in [0.2, 0.25) is 5.82 Å². The van der Waals surface area contributed by atoms with Crippen molar-refractivity contribution in [2.75, 3.05) is 0 Å². The summed E-state index contributed by atoms with van der Waals surface area (Å²) < 4.78 is 1.76. The second-order valence-corrected chi connectivity index (χ2v) is 6.16. The van der Waals surface area contributed by atoms with Gasteiger partial charge in [0, 0.05) is 5.56 Å². The van der Waals surface area contributed by atoms with Gasteiger partial charge in [-0.3, -0.25) is 0 Å². The number of phenolic OH excluding ortho intramolecular Hbond substituents is 1. The summed E-state index contributed by atoms with van der Waals surface area (Å²) in [7, 11) is 0. The zero-order chi connectivity index (χ0) is 18.2. The van der Waals surface area contributed by atoms with E-state index in [1.54, 1.807) is 28.9 Å². The van der Waals surface area contributed by atoms with Crippen LogP contribution in [0, 0.1) is 0 Å². The van der Waals surface area contributed by atoms with Crippen LogP contribution in [0.1, 0.15) is 0 Å². The van der Waals surface area contributed by atoms with E-state index in [1.165, 1.54) is 0 Å². The lowest BCUT2D eigenvalue weighted by molar-refractivity contribution is 0.475. The first kappa shape index (κ1) is 15.3. The first-order valence-corrected chi connectivity index (χ1v) is 8.55. The molecule has 0 aliphatic heterocycles. The number of benzene rings is 3. The number of hydrogen-bond acceptors (Lipinski definition) is 4. The molecule has 27 heavy (non-hydrogen) atoms. The lowest BCUT2D eigenvalue weighted by Gasteiger charge is -2.05. The zero-order valence-corrected chi connectivity index (χ0v) is 14.2. The number of aromatic nitrogens is 5. The minimum absolute atomic E-state index is 0.206. The second kappa shape index (κ2) is 6.10. The molecule has 0 radical (unpaired) electrons. The van der Waals surface area contributed by atoms with E-state index in [4.69, 9.17) is 4.98 Å². The molecule has 0 spiro atoms. The van der Waals surface area contributed by atoms with Crippen molar-refractivity contribution in [1.82, 2.24) is 24.7 Å². The molecule has 2 aromatic heterocycles. The van der Waals surface area contributed by atoms with E-state index in [0.29, 0.717) is 17.5 Å². The standard InChI is InChI=1S/C21H15N5O/c27-16-12-10-15(11-13-16)26-21(14-6-2-1-3-7-14)24-20(25-26)19-22-17-8-4-5-9-18(17)23-19/h1-13,27H,(H,22,23). The van der Waals surface area contributed by atoms with Crippen molar-refractivity contribution in [3.63, 3.8) is 0 Å². The highest BCUT2D eigenvalue weighted by Crippen LogP contribution is 2.26. The summed E-state index contributed by atoms with van der Waals surface area (Å²) in [6.07, 6.45) is 0. The summed E-state index contributed by atoms with van der Waals surface area (Å²) in [5, 5.41) is 14.3. The highest BCUT2D eigenvalue weighted by atomic mass is 16.3. The quantitative estimate of drug-likeness (QED) is 0.510. The maximum atomic E-state index is 9.59. The third-order valence-electron chi connectivity index (χ3n) is 4.33. The third-order valence-corrected chi connectivity index (χ3v) is 4.33. The summed E-state index contributed by atoms with van der Waals surface area (Å²) >= 11 is 0. The van der Waals surface area contributed by atoms with Gasteiger partial charge in [0.25, 0.3) is 0 Å². The average molecular weight is 353 g/mol. The van der Waals surface area contributed by atoms with Gasteiger partial charge in [0.15, 0.2) is 11.6 Å². The van der Waals surface area contributed by atoms with Crippen LogP contribution >= 0.6 is 0 Å². The van der Waals surface area contributed by atoms with E-state index in [2.05, 4.69) is 15.1 Å². The summed E-state index contributed by atoms with van der Waals surface area (Å²) in [6.45, 7) is 0. The fraction of sp³-hybridized carbons (Fsp3) is 0. The number of H-pyrrole nitrogens is 1. The summed E-state index contributed by atoms with van der Waals surface area (Å²) in [5.74, 6) is 2.04. The lowest BCUT2D eigenvalue weighted by Crippen LogP contribution is -1.99. The number of rotatable bonds is 3. The predicted molar refractivity (Wildman–Crippen MR) is 104 cm³/mol. The van der Waals surface area contributed by atoms with Crippen LogP contribution in [0.4, 0.5) is 0 Å². The summed E-state index contributed by atoms with van der Waals surface area (Å²) in [4.78, 5) is 12.6. The van der Waals surface area contributed by atoms with Crippen LogP contribution < -0.4 is 0 Å². The number of phenols is 1. The lowest BCUT2D eigenvalue weighted by atomic mass is 10.2. The van der Waals surface area contributed by atoms with Crippen LogP contribution in [-0.2, 0) is 0 Å². The van der Waals surface area contributed by atoms with Gasteiger partial charge in [-0.15, -0.1) is 5.10 Å². The number of fused-ring (bicyclic) bond motifs is 1. The fourth-order valence-corrected chi connectivity index (χ4v) is 3.02. The molecule has 2 heterocycles. The van der Waals surface area contributed by atoms with Crippen LogP contribution in [0.25, 0.3) is 39.8 Å². The number of hydrogen-bond donors (Lipinski definition) is 2. The van der Waals surface area contributed by atoms with E-state index >= 15 is 0 Å². The van der Waals surface area contributed by atoms with E-state index in [0.717, 1.165) is 22.3 Å². The van der Waals surface area contributed by atoms with Crippen molar-refractivity contribution in [1.29, 1.82) is 0 Å². The summed E-state index contributed by atoms with van der Waals surface area (Å²) in [5.41, 5.74) is 3.56. The molecule has 6 nitrogen and oxygen atoms in total. The van der Waals surface area contributed by atoms with Crippen molar-refractivity contribution in [2.24, 2.45) is 0 Å². The van der Waals surface area contributed by atoms with Crippen molar-refractivity contribution in [3.8, 4) is 34.5 Å². The van der Waals surface area contributed by atoms with Crippen molar-refractivity contribution in [2.45, 2.75) is 0 Å². The van der Waals surface area contributed by atoms with Crippen LogP contribution in [0.2, 0.25) is 0 Å². The van der Waals surface area contributed by atoms with Crippen LogP contribution in [0.5, 0.6) is 5.75 Å². The number of para-hydroxylation sites is 2. The Morgan fingerprint density at radius 3 is 2.30 bits per heavy atom.